The van der Waals surface area contributed by atoms with Gasteiger partial charge in [-0.2, -0.15) is 0 Å². The summed E-state index contributed by atoms with van der Waals surface area (Å²) in [6.45, 7) is 17.1. The smallest absolute Gasteiger partial charge is 0.0542 e. The van der Waals surface area contributed by atoms with E-state index in [0.29, 0.717) is 0 Å². The molecule has 0 spiro atoms. The molecule has 0 saturated carbocycles. The van der Waals surface area contributed by atoms with Crippen molar-refractivity contribution in [2.75, 3.05) is 10.2 Å². The molecule has 4 nitrogen and oxygen atoms in total. The van der Waals surface area contributed by atoms with Crippen molar-refractivity contribution in [2.45, 2.75) is 46.0 Å². The standard InChI is InChI=1S/C53H40N2.C27H23N.C26H18BrN.CH4/c1-4-36-19-21-39(22-20-36)40-25-31-51-47(33-40)48-34-43(29-32-52(48)55(51)41-15-9-6-10-16-41)54(42-26-23-38(24-27-42)37-13-7-5-8-14-37)44-28-30-46-45-17-11-12-18-49(45)53(2,3)50(46)35-44;1-27(2)25-11-7-6-10-23(25)24-17-16-22(18-26(24)27)28-21-14-12-20(13-15-21)19-8-4-3-5-9-19;1-2-18-8-10-19(11-9-18)20-12-14-25-23(16-20)24-17-21(27)13-15-26(24)28(25)22-6-4-3-5-7-22;/h4-35H,1H2,2-3H3;3-18,28H,1-2H3;2-17H,1H2;1H4. The minimum atomic E-state index is -0.113. The molecule has 1 N–H and O–H groups in total. The fraction of sp³-hybridized carbons (Fsp3) is 0.0654. The van der Waals surface area contributed by atoms with Crippen molar-refractivity contribution in [1.29, 1.82) is 0 Å². The highest BCUT2D eigenvalue weighted by Crippen LogP contribution is 2.53. The highest BCUT2D eigenvalue weighted by molar-refractivity contribution is 9.10. The average molecular weight is 1510 g/mol. The van der Waals surface area contributed by atoms with Crippen LogP contribution in [-0.4, -0.2) is 9.13 Å². The van der Waals surface area contributed by atoms with Gasteiger partial charge in [0.05, 0.1) is 22.1 Å². The van der Waals surface area contributed by atoms with Crippen LogP contribution in [0.15, 0.2) is 394 Å². The molecular formula is C107H85BrN4. The predicted octanol–water partition coefficient (Wildman–Crippen LogP) is 30.4. The molecule has 112 heavy (non-hydrogen) atoms. The summed E-state index contributed by atoms with van der Waals surface area (Å²) in [7, 11) is 0. The Labute approximate surface area is 666 Å². The van der Waals surface area contributed by atoms with Crippen molar-refractivity contribution < 1.29 is 0 Å². The number of rotatable bonds is 13. The number of anilines is 5. The van der Waals surface area contributed by atoms with E-state index in [2.05, 4.69) is 446 Å². The largest absolute Gasteiger partial charge is 0.356 e. The molecule has 2 aromatic heterocycles. The van der Waals surface area contributed by atoms with Gasteiger partial charge in [0.15, 0.2) is 0 Å². The van der Waals surface area contributed by atoms with Gasteiger partial charge in [-0.1, -0.05) is 319 Å². The third-order valence-corrected chi connectivity index (χ3v) is 23.1. The first-order chi connectivity index (χ1) is 54.3. The summed E-state index contributed by atoms with van der Waals surface area (Å²) in [6.07, 6.45) is 3.77. The number of halogens is 1. The zero-order valence-electron chi connectivity index (χ0n) is 62.6. The second kappa shape index (κ2) is 29.9. The summed E-state index contributed by atoms with van der Waals surface area (Å²) in [5.41, 5.74) is 35.5. The first-order valence-electron chi connectivity index (χ1n) is 38.1. The Hall–Kier alpha value is -13.3. The van der Waals surface area contributed by atoms with Crippen LogP contribution in [0.4, 0.5) is 28.4 Å². The summed E-state index contributed by atoms with van der Waals surface area (Å²) in [4.78, 5) is 2.43. The third kappa shape index (κ3) is 13.2. The Morgan fingerprint density at radius 1 is 0.286 bits per heavy atom. The molecule has 0 radical (unpaired) electrons. The molecule has 5 heteroatoms. The maximum Gasteiger partial charge on any atom is 0.0542 e. The highest BCUT2D eigenvalue weighted by Gasteiger charge is 2.37. The van der Waals surface area contributed by atoms with Crippen LogP contribution in [0, 0.1) is 0 Å². The Bertz CT molecular complexity index is 6530. The molecule has 0 unspecified atom stereocenters. The minimum absolute atomic E-state index is 0. The average Bonchev–Trinajstić information content (AvgIpc) is 1.58. The van der Waals surface area contributed by atoms with Crippen LogP contribution < -0.4 is 10.2 Å². The molecule has 0 atom stereocenters. The van der Waals surface area contributed by atoms with Crippen LogP contribution >= 0.6 is 15.9 Å². The molecule has 2 heterocycles. The van der Waals surface area contributed by atoms with E-state index in [9.17, 15) is 0 Å². The molecule has 540 valence electrons. The van der Waals surface area contributed by atoms with Gasteiger partial charge in [-0.05, 0) is 234 Å². The van der Waals surface area contributed by atoms with E-state index in [1.165, 1.54) is 138 Å². The number of nitrogens with one attached hydrogen (secondary N) is 1. The van der Waals surface area contributed by atoms with E-state index < -0.39 is 0 Å². The Morgan fingerprint density at radius 2 is 0.616 bits per heavy atom. The fourth-order valence-electron chi connectivity index (χ4n) is 16.9. The monoisotopic (exact) mass is 1500 g/mol. The summed E-state index contributed by atoms with van der Waals surface area (Å²) in [5.74, 6) is 0. The lowest BCUT2D eigenvalue weighted by molar-refractivity contribution is 0.660. The zero-order chi connectivity index (χ0) is 75.3. The fourth-order valence-corrected chi connectivity index (χ4v) is 17.2. The molecule has 0 saturated heterocycles. The number of aromatic nitrogens is 2. The topological polar surface area (TPSA) is 25.1 Å². The van der Waals surface area contributed by atoms with Crippen molar-refractivity contribution in [1.82, 2.24) is 9.13 Å². The molecule has 20 rings (SSSR count). The molecule has 18 aromatic rings. The SMILES string of the molecule is C.C=Cc1ccc(-c2ccc3c(c2)c2cc(Br)ccc2n3-c2ccccc2)cc1.C=Cc1ccc(-c2ccc3c(c2)c2cc(N(c4ccc(-c5ccccc5)cc4)c4ccc5c(c4)C(C)(C)c4ccccc4-5)ccc2n3-c2ccccc2)cc1.CC1(C)c2ccccc2-c2ccc(Nc3ccc(-c4ccccc4)cc3)cc21. The van der Waals surface area contributed by atoms with E-state index in [-0.39, 0.29) is 18.3 Å². The molecule has 0 aliphatic heterocycles. The predicted molar refractivity (Wildman–Crippen MR) is 484 cm³/mol. The van der Waals surface area contributed by atoms with Gasteiger partial charge in [-0.15, -0.1) is 0 Å². The van der Waals surface area contributed by atoms with E-state index in [1.807, 2.05) is 18.2 Å². The first kappa shape index (κ1) is 71.6. The molecule has 0 fully saturated rings. The van der Waals surface area contributed by atoms with E-state index in [4.69, 9.17) is 0 Å². The lowest BCUT2D eigenvalue weighted by atomic mass is 9.82. The van der Waals surface area contributed by atoms with Crippen LogP contribution in [0.2, 0.25) is 0 Å². The normalized spacial score (nSPS) is 12.5. The van der Waals surface area contributed by atoms with Gasteiger partial charge in [0.2, 0.25) is 0 Å². The van der Waals surface area contributed by atoms with Gasteiger partial charge >= 0.3 is 0 Å². The van der Waals surface area contributed by atoms with Gasteiger partial charge in [0.25, 0.3) is 0 Å². The Balaban J connectivity index is 0.000000134. The van der Waals surface area contributed by atoms with E-state index in [1.54, 1.807) is 0 Å². The minimum Gasteiger partial charge on any atom is -0.356 e. The number of hydrogen-bond donors (Lipinski definition) is 1. The maximum absolute atomic E-state index is 3.95. The maximum atomic E-state index is 3.95. The van der Waals surface area contributed by atoms with Crippen molar-refractivity contribution in [2.24, 2.45) is 0 Å². The van der Waals surface area contributed by atoms with Gasteiger partial charge in [-0.3, -0.25) is 0 Å². The molecule has 0 amide bonds. The van der Waals surface area contributed by atoms with Gasteiger partial charge < -0.3 is 19.4 Å². The molecule has 2 aliphatic rings. The summed E-state index contributed by atoms with van der Waals surface area (Å²) in [6, 6.07) is 136. The number of para-hydroxylation sites is 2. The number of hydrogen-bond acceptors (Lipinski definition) is 2. The lowest BCUT2D eigenvalue weighted by Gasteiger charge is -2.28. The molecule has 16 aromatic carbocycles. The van der Waals surface area contributed by atoms with Gasteiger partial charge in [-0.25, -0.2) is 0 Å². The van der Waals surface area contributed by atoms with E-state index in [0.717, 1.165) is 49.7 Å². The number of benzene rings is 16. The van der Waals surface area contributed by atoms with Crippen LogP contribution in [0.3, 0.4) is 0 Å². The van der Waals surface area contributed by atoms with Crippen LogP contribution in [0.1, 0.15) is 68.5 Å². The summed E-state index contributed by atoms with van der Waals surface area (Å²) < 4.78 is 5.82. The summed E-state index contributed by atoms with van der Waals surface area (Å²) in [5, 5.41) is 8.51. The highest BCUT2D eigenvalue weighted by atomic mass is 79.9. The van der Waals surface area contributed by atoms with Crippen molar-refractivity contribution in [3.63, 3.8) is 0 Å². The molecule has 2 aliphatic carbocycles. The van der Waals surface area contributed by atoms with Crippen LogP contribution in [0.25, 0.3) is 134 Å². The number of nitrogens with zero attached hydrogens (tertiary/aromatic N) is 3. The van der Waals surface area contributed by atoms with Crippen molar-refractivity contribution >= 4 is 100 Å². The Morgan fingerprint density at radius 3 is 1.11 bits per heavy atom. The van der Waals surface area contributed by atoms with Crippen LogP contribution in [0.5, 0.6) is 0 Å². The second-order valence-corrected chi connectivity index (χ2v) is 30.9. The first-order valence-corrected chi connectivity index (χ1v) is 38.9. The zero-order valence-corrected chi connectivity index (χ0v) is 64.2. The molecule has 0 bridgehead atoms. The summed E-state index contributed by atoms with van der Waals surface area (Å²) >= 11 is 3.64. The van der Waals surface area contributed by atoms with Crippen molar-refractivity contribution in [3.8, 4) is 78.1 Å². The van der Waals surface area contributed by atoms with Crippen molar-refractivity contribution in [3.05, 3.63) is 427 Å². The number of fused-ring (bicyclic) bond motifs is 12. The molecular weight excluding hydrogens is 1420 g/mol. The third-order valence-electron chi connectivity index (χ3n) is 22.6. The Kier molecular flexibility index (Phi) is 19.1. The van der Waals surface area contributed by atoms with Gasteiger partial charge in [0.1, 0.15) is 0 Å². The van der Waals surface area contributed by atoms with Crippen LogP contribution in [-0.2, 0) is 10.8 Å². The van der Waals surface area contributed by atoms with Gasteiger partial charge in [0, 0.05) is 76.7 Å². The quantitative estimate of drug-likeness (QED) is 0.124. The van der Waals surface area contributed by atoms with E-state index >= 15 is 0 Å². The lowest BCUT2D eigenvalue weighted by Crippen LogP contribution is -2.16. The second-order valence-electron chi connectivity index (χ2n) is 30.0.